The summed E-state index contributed by atoms with van der Waals surface area (Å²) in [5.41, 5.74) is 1.76. The molecule has 0 unspecified atom stereocenters. The highest BCUT2D eigenvalue weighted by Crippen LogP contribution is 2.34. The highest BCUT2D eigenvalue weighted by atomic mass is 16.5. The Morgan fingerprint density at radius 2 is 1.78 bits per heavy atom. The summed E-state index contributed by atoms with van der Waals surface area (Å²) in [7, 11) is 0. The van der Waals surface area contributed by atoms with Crippen LogP contribution in [0, 0.1) is 13.8 Å². The van der Waals surface area contributed by atoms with Crippen LogP contribution >= 0.6 is 0 Å². The number of imide groups is 1. The zero-order chi connectivity index (χ0) is 19.6. The van der Waals surface area contributed by atoms with Gasteiger partial charge in [0.25, 0.3) is 11.8 Å². The lowest BCUT2D eigenvalue weighted by Gasteiger charge is -2.19. The van der Waals surface area contributed by atoms with Gasteiger partial charge in [-0.3, -0.25) is 19.3 Å². The summed E-state index contributed by atoms with van der Waals surface area (Å²) in [5.74, 6) is -1.68. The van der Waals surface area contributed by atoms with Crippen molar-refractivity contribution in [1.82, 2.24) is 10.2 Å². The van der Waals surface area contributed by atoms with Crippen LogP contribution in [0.5, 0.6) is 0 Å². The van der Waals surface area contributed by atoms with E-state index in [2.05, 4.69) is 10.6 Å². The van der Waals surface area contributed by atoms with E-state index >= 15 is 0 Å². The molecule has 0 radical (unpaired) electrons. The van der Waals surface area contributed by atoms with Crippen LogP contribution in [0.2, 0.25) is 0 Å². The second-order valence-corrected chi connectivity index (χ2v) is 7.20. The fraction of sp³-hybridized carbons (Fsp3) is 0.474. The van der Waals surface area contributed by atoms with Gasteiger partial charge >= 0.3 is 12.0 Å². The van der Waals surface area contributed by atoms with Gasteiger partial charge in [-0.25, -0.2) is 4.79 Å². The fourth-order valence-corrected chi connectivity index (χ4v) is 3.70. The van der Waals surface area contributed by atoms with Crippen LogP contribution in [0.4, 0.5) is 10.5 Å². The molecule has 1 aliphatic carbocycles. The van der Waals surface area contributed by atoms with Crippen molar-refractivity contribution in [3.8, 4) is 0 Å². The molecule has 1 aromatic rings. The molecule has 1 saturated carbocycles. The number of hydrogen-bond acceptors (Lipinski definition) is 5. The molecule has 8 nitrogen and oxygen atoms in total. The monoisotopic (exact) mass is 373 g/mol. The van der Waals surface area contributed by atoms with E-state index in [1.54, 1.807) is 12.1 Å². The van der Waals surface area contributed by atoms with Crippen molar-refractivity contribution in [2.75, 3.05) is 18.5 Å². The van der Waals surface area contributed by atoms with Crippen molar-refractivity contribution in [3.63, 3.8) is 0 Å². The minimum absolute atomic E-state index is 0.387. The second kappa shape index (κ2) is 7.38. The van der Waals surface area contributed by atoms with Crippen LogP contribution in [-0.4, -0.2) is 47.4 Å². The number of benzene rings is 1. The van der Waals surface area contributed by atoms with Crippen LogP contribution in [0.1, 0.15) is 36.8 Å². The van der Waals surface area contributed by atoms with Gasteiger partial charge in [0.05, 0.1) is 0 Å². The molecule has 1 spiro atoms. The highest BCUT2D eigenvalue weighted by molar-refractivity contribution is 6.09. The fourth-order valence-electron chi connectivity index (χ4n) is 3.70. The number of ether oxygens (including phenoxy) is 1. The Bertz CT molecular complexity index is 778. The molecule has 2 aliphatic rings. The first-order valence-electron chi connectivity index (χ1n) is 8.97. The number of nitrogens with one attached hydrogen (secondary N) is 2. The van der Waals surface area contributed by atoms with E-state index in [1.807, 2.05) is 19.9 Å². The summed E-state index contributed by atoms with van der Waals surface area (Å²) >= 11 is 0. The van der Waals surface area contributed by atoms with E-state index in [0.29, 0.717) is 18.5 Å². The van der Waals surface area contributed by atoms with E-state index in [4.69, 9.17) is 4.74 Å². The van der Waals surface area contributed by atoms with Gasteiger partial charge in [0.2, 0.25) is 0 Å². The molecule has 1 saturated heterocycles. The Morgan fingerprint density at radius 3 is 2.41 bits per heavy atom. The average Bonchev–Trinajstić information content (AvgIpc) is 3.13. The summed E-state index contributed by atoms with van der Waals surface area (Å²) in [6.07, 6.45) is 2.90. The predicted molar refractivity (Wildman–Crippen MR) is 96.9 cm³/mol. The van der Waals surface area contributed by atoms with Crippen molar-refractivity contribution < 1.29 is 23.9 Å². The van der Waals surface area contributed by atoms with Crippen molar-refractivity contribution in [2.45, 2.75) is 45.1 Å². The topological polar surface area (TPSA) is 105 Å². The summed E-state index contributed by atoms with van der Waals surface area (Å²) in [4.78, 5) is 49.3. The van der Waals surface area contributed by atoms with Crippen LogP contribution in [0.3, 0.4) is 0 Å². The van der Waals surface area contributed by atoms with Gasteiger partial charge in [0, 0.05) is 5.69 Å². The quantitative estimate of drug-likeness (QED) is 0.603. The Morgan fingerprint density at radius 1 is 1.15 bits per heavy atom. The number of aryl methyl sites for hydroxylation is 2. The first-order valence-corrected chi connectivity index (χ1v) is 8.97. The van der Waals surface area contributed by atoms with Gasteiger partial charge in [-0.1, -0.05) is 18.9 Å². The van der Waals surface area contributed by atoms with Crippen LogP contribution in [0.15, 0.2) is 18.2 Å². The number of nitrogens with zero attached hydrogens (tertiary/aromatic N) is 1. The maximum Gasteiger partial charge on any atom is 0.326 e. The van der Waals surface area contributed by atoms with E-state index in [0.717, 1.165) is 28.9 Å². The molecule has 27 heavy (non-hydrogen) atoms. The molecule has 0 aromatic heterocycles. The molecule has 1 aliphatic heterocycles. The summed E-state index contributed by atoms with van der Waals surface area (Å²) in [5, 5.41) is 5.35. The summed E-state index contributed by atoms with van der Waals surface area (Å²) < 4.78 is 4.92. The molecule has 1 heterocycles. The van der Waals surface area contributed by atoms with Gasteiger partial charge in [-0.15, -0.1) is 0 Å². The molecule has 8 heteroatoms. The second-order valence-electron chi connectivity index (χ2n) is 7.20. The molecule has 1 aromatic carbocycles. The average molecular weight is 373 g/mol. The third-order valence-electron chi connectivity index (χ3n) is 4.86. The summed E-state index contributed by atoms with van der Waals surface area (Å²) in [6, 6.07) is 5.01. The van der Waals surface area contributed by atoms with Gasteiger partial charge in [-0.2, -0.15) is 0 Å². The Hall–Kier alpha value is -2.90. The zero-order valence-corrected chi connectivity index (χ0v) is 15.5. The Balaban J connectivity index is 1.50. The maximum absolute atomic E-state index is 12.5. The Labute approximate surface area is 157 Å². The molecule has 144 valence electrons. The van der Waals surface area contributed by atoms with Gasteiger partial charge in [0.15, 0.2) is 6.61 Å². The van der Waals surface area contributed by atoms with E-state index in [9.17, 15) is 19.2 Å². The number of urea groups is 1. The number of carbonyl (C=O) groups excluding carboxylic acids is 4. The standard InChI is InChI=1S/C19H23N3O5/c1-12-7-13(2)9-14(8-12)20-15(23)11-27-16(24)10-22-17(25)19(21-18(22)26)5-3-4-6-19/h7-9H,3-6,10-11H2,1-2H3,(H,20,23)(H,21,26). The smallest absolute Gasteiger partial charge is 0.326 e. The number of rotatable bonds is 5. The van der Waals surface area contributed by atoms with E-state index in [1.165, 1.54) is 0 Å². The zero-order valence-electron chi connectivity index (χ0n) is 15.5. The summed E-state index contributed by atoms with van der Waals surface area (Å²) in [6.45, 7) is 2.85. The predicted octanol–water partition coefficient (Wildman–Crippen LogP) is 1.65. The van der Waals surface area contributed by atoms with Crippen molar-refractivity contribution in [3.05, 3.63) is 29.3 Å². The highest BCUT2D eigenvalue weighted by Gasteiger charge is 2.52. The van der Waals surface area contributed by atoms with Gasteiger partial charge in [-0.05, 0) is 49.9 Å². The van der Waals surface area contributed by atoms with Crippen LogP contribution < -0.4 is 10.6 Å². The van der Waals surface area contributed by atoms with Gasteiger partial charge in [0.1, 0.15) is 12.1 Å². The molecule has 0 atom stereocenters. The molecule has 2 N–H and O–H groups in total. The van der Waals surface area contributed by atoms with Crippen LogP contribution in [0.25, 0.3) is 0 Å². The van der Waals surface area contributed by atoms with Crippen molar-refractivity contribution in [1.29, 1.82) is 0 Å². The number of hydrogen-bond donors (Lipinski definition) is 2. The third-order valence-corrected chi connectivity index (χ3v) is 4.86. The minimum atomic E-state index is -0.863. The maximum atomic E-state index is 12.5. The lowest BCUT2D eigenvalue weighted by Crippen LogP contribution is -2.44. The molecule has 3 rings (SSSR count). The number of carbonyl (C=O) groups is 4. The molecular weight excluding hydrogens is 350 g/mol. The SMILES string of the molecule is Cc1cc(C)cc(NC(=O)COC(=O)CN2C(=O)NC3(CCCC3)C2=O)c1. The van der Waals surface area contributed by atoms with E-state index < -0.39 is 36.6 Å². The number of anilines is 1. The first kappa shape index (κ1) is 18.9. The number of amides is 4. The van der Waals surface area contributed by atoms with Gasteiger partial charge < -0.3 is 15.4 Å². The molecular formula is C19H23N3O5. The molecule has 4 amide bonds. The molecule has 0 bridgehead atoms. The van der Waals surface area contributed by atoms with Crippen molar-refractivity contribution >= 4 is 29.5 Å². The lowest BCUT2D eigenvalue weighted by atomic mass is 9.98. The Kier molecular flexibility index (Phi) is 5.16. The van der Waals surface area contributed by atoms with E-state index in [-0.39, 0.29) is 5.91 Å². The lowest BCUT2D eigenvalue weighted by molar-refractivity contribution is -0.150. The molecule has 2 fully saturated rings. The first-order chi connectivity index (χ1) is 12.8. The normalized spacial score (nSPS) is 17.9. The third kappa shape index (κ3) is 4.10. The minimum Gasteiger partial charge on any atom is -0.454 e. The largest absolute Gasteiger partial charge is 0.454 e. The number of esters is 1. The van der Waals surface area contributed by atoms with Crippen molar-refractivity contribution in [2.24, 2.45) is 0 Å². The van der Waals surface area contributed by atoms with Crippen LogP contribution in [-0.2, 0) is 19.1 Å².